The lowest BCUT2D eigenvalue weighted by Crippen LogP contribution is -2.21. The predicted molar refractivity (Wildman–Crippen MR) is 97.1 cm³/mol. The van der Waals surface area contributed by atoms with Gasteiger partial charge in [-0.05, 0) is 56.3 Å². The Balaban J connectivity index is 2.13. The Labute approximate surface area is 144 Å². The lowest BCUT2D eigenvalue weighted by atomic mass is 10.2. The van der Waals surface area contributed by atoms with E-state index in [4.69, 9.17) is 11.6 Å². The lowest BCUT2D eigenvalue weighted by molar-refractivity contribution is 0.102. The molecule has 0 aromatic heterocycles. The van der Waals surface area contributed by atoms with Gasteiger partial charge in [0.1, 0.15) is 0 Å². The first-order valence-corrected chi connectivity index (χ1v) is 8.33. The molecule has 0 aliphatic carbocycles. The molecule has 1 amide bonds. The van der Waals surface area contributed by atoms with Gasteiger partial charge in [-0.3, -0.25) is 4.79 Å². The first kappa shape index (κ1) is 16.8. The zero-order valence-electron chi connectivity index (χ0n) is 12.6. The average Bonchev–Trinajstić information content (AvgIpc) is 2.52. The zero-order chi connectivity index (χ0) is 16.1. The second kappa shape index (κ2) is 7.65. The Kier molecular flexibility index (Phi) is 5.86. The van der Waals surface area contributed by atoms with E-state index >= 15 is 0 Å². The van der Waals surface area contributed by atoms with Gasteiger partial charge in [-0.1, -0.05) is 27.5 Å². The van der Waals surface area contributed by atoms with Crippen LogP contribution in [-0.4, -0.2) is 19.0 Å². The number of anilines is 2. The smallest absolute Gasteiger partial charge is 0.257 e. The van der Waals surface area contributed by atoms with Gasteiger partial charge in [-0.15, -0.1) is 0 Å². The molecule has 0 saturated carbocycles. The Hall–Kier alpha value is -1.52. The van der Waals surface area contributed by atoms with E-state index in [1.54, 1.807) is 18.2 Å². The van der Waals surface area contributed by atoms with Crippen LogP contribution in [-0.2, 0) is 0 Å². The first-order valence-electron chi connectivity index (χ1n) is 7.16. The normalized spacial score (nSPS) is 10.4. The van der Waals surface area contributed by atoms with Crippen molar-refractivity contribution < 1.29 is 4.79 Å². The summed E-state index contributed by atoms with van der Waals surface area (Å²) in [5.41, 5.74) is 2.34. The van der Waals surface area contributed by atoms with Crippen molar-refractivity contribution in [3.05, 3.63) is 57.5 Å². The van der Waals surface area contributed by atoms with Gasteiger partial charge < -0.3 is 10.2 Å². The van der Waals surface area contributed by atoms with E-state index in [0.717, 1.165) is 28.9 Å². The second-order valence-electron chi connectivity index (χ2n) is 4.80. The van der Waals surface area contributed by atoms with E-state index in [-0.39, 0.29) is 5.91 Å². The van der Waals surface area contributed by atoms with Gasteiger partial charge in [0.25, 0.3) is 5.91 Å². The minimum absolute atomic E-state index is 0.220. The van der Waals surface area contributed by atoms with Crippen molar-refractivity contribution in [3.8, 4) is 0 Å². The van der Waals surface area contributed by atoms with E-state index < -0.39 is 0 Å². The summed E-state index contributed by atoms with van der Waals surface area (Å²) in [4.78, 5) is 14.5. The number of halogens is 2. The van der Waals surface area contributed by atoms with Crippen LogP contribution in [0.3, 0.4) is 0 Å². The molecule has 2 aromatic carbocycles. The van der Waals surface area contributed by atoms with Crippen molar-refractivity contribution in [2.24, 2.45) is 0 Å². The van der Waals surface area contributed by atoms with Gasteiger partial charge in [-0.25, -0.2) is 0 Å². The molecular formula is C17H18BrClN2O. The number of amides is 1. The number of hydrogen-bond donors (Lipinski definition) is 1. The van der Waals surface area contributed by atoms with E-state index in [2.05, 4.69) is 40.0 Å². The summed E-state index contributed by atoms with van der Waals surface area (Å²) in [5.74, 6) is -0.220. The molecule has 2 aromatic rings. The van der Waals surface area contributed by atoms with Gasteiger partial charge in [0.15, 0.2) is 0 Å². The fourth-order valence-corrected chi connectivity index (χ4v) is 2.78. The van der Waals surface area contributed by atoms with Crippen LogP contribution in [0.4, 0.5) is 11.4 Å². The number of nitrogens with zero attached hydrogens (tertiary/aromatic N) is 1. The van der Waals surface area contributed by atoms with Gasteiger partial charge in [0.2, 0.25) is 0 Å². The van der Waals surface area contributed by atoms with E-state index in [1.807, 2.05) is 24.3 Å². The van der Waals surface area contributed by atoms with Crippen molar-refractivity contribution >= 4 is 44.8 Å². The maximum absolute atomic E-state index is 12.3. The maximum Gasteiger partial charge on any atom is 0.257 e. The molecule has 5 heteroatoms. The SMILES string of the molecule is CCN(CC)c1ccc(NC(=O)c2cc(Br)ccc2Cl)cc1. The first-order chi connectivity index (χ1) is 10.5. The van der Waals surface area contributed by atoms with Gasteiger partial charge in [-0.2, -0.15) is 0 Å². The number of rotatable bonds is 5. The van der Waals surface area contributed by atoms with E-state index in [0.29, 0.717) is 10.6 Å². The van der Waals surface area contributed by atoms with E-state index in [9.17, 15) is 4.79 Å². The third kappa shape index (κ3) is 4.02. The zero-order valence-corrected chi connectivity index (χ0v) is 14.9. The van der Waals surface area contributed by atoms with Crippen LogP contribution in [0.15, 0.2) is 46.9 Å². The van der Waals surface area contributed by atoms with Crippen molar-refractivity contribution in [1.82, 2.24) is 0 Å². The van der Waals surface area contributed by atoms with Crippen LogP contribution in [0.5, 0.6) is 0 Å². The molecule has 0 atom stereocenters. The van der Waals surface area contributed by atoms with Crippen molar-refractivity contribution in [1.29, 1.82) is 0 Å². The second-order valence-corrected chi connectivity index (χ2v) is 6.12. The largest absolute Gasteiger partial charge is 0.372 e. The lowest BCUT2D eigenvalue weighted by Gasteiger charge is -2.21. The van der Waals surface area contributed by atoms with Crippen LogP contribution in [0.2, 0.25) is 5.02 Å². The summed E-state index contributed by atoms with van der Waals surface area (Å²) >= 11 is 9.42. The third-order valence-electron chi connectivity index (χ3n) is 3.43. The van der Waals surface area contributed by atoms with E-state index in [1.165, 1.54) is 0 Å². The van der Waals surface area contributed by atoms with Gasteiger partial charge in [0.05, 0.1) is 10.6 Å². The third-order valence-corrected chi connectivity index (χ3v) is 4.25. The molecule has 1 N–H and O–H groups in total. The minimum Gasteiger partial charge on any atom is -0.372 e. The monoisotopic (exact) mass is 380 g/mol. The number of benzene rings is 2. The highest BCUT2D eigenvalue weighted by Crippen LogP contribution is 2.23. The predicted octanol–water partition coefficient (Wildman–Crippen LogP) is 5.20. The molecule has 0 heterocycles. The number of nitrogens with one attached hydrogen (secondary N) is 1. The quantitative estimate of drug-likeness (QED) is 0.772. The summed E-state index contributed by atoms with van der Waals surface area (Å²) in [6.45, 7) is 6.15. The highest BCUT2D eigenvalue weighted by molar-refractivity contribution is 9.10. The van der Waals surface area contributed by atoms with Gasteiger partial charge >= 0.3 is 0 Å². The number of carbonyl (C=O) groups excluding carboxylic acids is 1. The molecule has 0 bridgehead atoms. The molecule has 0 spiro atoms. The Morgan fingerprint density at radius 2 is 1.77 bits per heavy atom. The molecule has 0 fully saturated rings. The summed E-state index contributed by atoms with van der Waals surface area (Å²) < 4.78 is 0.818. The molecule has 0 saturated heterocycles. The standard InChI is InChI=1S/C17H18BrClN2O/c1-3-21(4-2)14-8-6-13(7-9-14)20-17(22)15-11-12(18)5-10-16(15)19/h5-11H,3-4H2,1-2H3,(H,20,22). The molecule has 2 rings (SSSR count). The minimum atomic E-state index is -0.220. The number of carbonyl (C=O) groups is 1. The van der Waals surface area contributed by atoms with Crippen LogP contribution in [0.1, 0.15) is 24.2 Å². The number of hydrogen-bond acceptors (Lipinski definition) is 2. The van der Waals surface area contributed by atoms with Crippen LogP contribution < -0.4 is 10.2 Å². The summed E-state index contributed by atoms with van der Waals surface area (Å²) in [6.07, 6.45) is 0. The van der Waals surface area contributed by atoms with Crippen molar-refractivity contribution in [2.75, 3.05) is 23.3 Å². The van der Waals surface area contributed by atoms with Crippen LogP contribution in [0, 0.1) is 0 Å². The highest BCUT2D eigenvalue weighted by Gasteiger charge is 2.11. The topological polar surface area (TPSA) is 32.3 Å². The van der Waals surface area contributed by atoms with Crippen LogP contribution >= 0.6 is 27.5 Å². The molecule has 0 aliphatic rings. The fourth-order valence-electron chi connectivity index (χ4n) is 2.21. The molecule has 3 nitrogen and oxygen atoms in total. The van der Waals surface area contributed by atoms with Crippen molar-refractivity contribution in [2.45, 2.75) is 13.8 Å². The van der Waals surface area contributed by atoms with Crippen LogP contribution in [0.25, 0.3) is 0 Å². The maximum atomic E-state index is 12.3. The molecule has 116 valence electrons. The Bertz CT molecular complexity index is 654. The summed E-state index contributed by atoms with van der Waals surface area (Å²) in [6, 6.07) is 13.0. The highest BCUT2D eigenvalue weighted by atomic mass is 79.9. The molecule has 22 heavy (non-hydrogen) atoms. The molecule has 0 radical (unpaired) electrons. The Morgan fingerprint density at radius 1 is 1.14 bits per heavy atom. The average molecular weight is 382 g/mol. The summed E-state index contributed by atoms with van der Waals surface area (Å²) in [7, 11) is 0. The molecule has 0 aliphatic heterocycles. The Morgan fingerprint density at radius 3 is 2.36 bits per heavy atom. The molecule has 0 unspecified atom stereocenters. The fraction of sp³-hybridized carbons (Fsp3) is 0.235. The summed E-state index contributed by atoms with van der Waals surface area (Å²) in [5, 5.41) is 3.30. The van der Waals surface area contributed by atoms with Crippen molar-refractivity contribution in [3.63, 3.8) is 0 Å². The molecular weight excluding hydrogens is 364 g/mol. The van der Waals surface area contributed by atoms with Gasteiger partial charge in [0, 0.05) is 28.9 Å².